The second-order valence-corrected chi connectivity index (χ2v) is 4.61. The first-order chi connectivity index (χ1) is 7.75. The van der Waals surface area contributed by atoms with Crippen molar-refractivity contribution in [3.05, 3.63) is 11.7 Å². The molecule has 0 radical (unpaired) electrons. The molecule has 0 amide bonds. The van der Waals surface area contributed by atoms with E-state index in [2.05, 4.69) is 10.1 Å². The van der Waals surface area contributed by atoms with Gasteiger partial charge in [-0.3, -0.25) is 4.79 Å². The molecule has 0 atom stereocenters. The highest BCUT2D eigenvalue weighted by Crippen LogP contribution is 2.29. The topological polar surface area (TPSA) is 56.0 Å². The summed E-state index contributed by atoms with van der Waals surface area (Å²) < 4.78 is 5.09. The van der Waals surface area contributed by atoms with Gasteiger partial charge in [0.05, 0.1) is 6.42 Å². The largest absolute Gasteiger partial charge is 0.339 e. The van der Waals surface area contributed by atoms with E-state index in [1.54, 1.807) is 0 Å². The molecule has 1 aliphatic carbocycles. The van der Waals surface area contributed by atoms with Crippen LogP contribution in [0, 0.1) is 0 Å². The number of rotatable bonds is 3. The molecule has 0 bridgehead atoms. The highest BCUT2D eigenvalue weighted by atomic mass is 16.5. The predicted molar refractivity (Wildman–Crippen MR) is 59.1 cm³/mol. The zero-order valence-corrected chi connectivity index (χ0v) is 9.74. The predicted octanol–water partition coefficient (Wildman–Crippen LogP) is 2.64. The van der Waals surface area contributed by atoms with Gasteiger partial charge in [-0.05, 0) is 19.8 Å². The average Bonchev–Trinajstić information content (AvgIpc) is 2.53. The van der Waals surface area contributed by atoms with Gasteiger partial charge in [-0.15, -0.1) is 0 Å². The number of ketones is 1. The molecule has 1 aliphatic rings. The van der Waals surface area contributed by atoms with Gasteiger partial charge in [0.1, 0.15) is 5.78 Å². The summed E-state index contributed by atoms with van der Waals surface area (Å²) in [5.74, 6) is 1.77. The molecular weight excluding hydrogens is 204 g/mol. The van der Waals surface area contributed by atoms with Crippen LogP contribution in [-0.2, 0) is 11.2 Å². The molecule has 0 aromatic carbocycles. The van der Waals surface area contributed by atoms with Crippen LogP contribution in [-0.4, -0.2) is 15.9 Å². The fraction of sp³-hybridized carbons (Fsp3) is 0.750. The van der Waals surface area contributed by atoms with Crippen molar-refractivity contribution in [1.29, 1.82) is 0 Å². The molecule has 0 aliphatic heterocycles. The van der Waals surface area contributed by atoms with Gasteiger partial charge in [0, 0.05) is 5.92 Å². The molecule has 1 fully saturated rings. The first kappa shape index (κ1) is 11.3. The Morgan fingerprint density at radius 1 is 1.31 bits per heavy atom. The minimum absolute atomic E-state index is 0.0658. The van der Waals surface area contributed by atoms with Gasteiger partial charge in [0.2, 0.25) is 5.89 Å². The third-order valence-electron chi connectivity index (χ3n) is 3.10. The lowest BCUT2D eigenvalue weighted by molar-refractivity contribution is -0.116. The standard InChI is InChI=1S/C12H18N2O2/c1-9(15)8-11-13-12(14-16-11)10-6-4-2-3-5-7-10/h10H,2-8H2,1H3. The lowest BCUT2D eigenvalue weighted by Crippen LogP contribution is -2.01. The van der Waals surface area contributed by atoms with Gasteiger partial charge in [-0.1, -0.05) is 30.8 Å². The zero-order chi connectivity index (χ0) is 11.4. The fourth-order valence-corrected chi connectivity index (χ4v) is 2.26. The van der Waals surface area contributed by atoms with Crippen LogP contribution < -0.4 is 0 Å². The maximum absolute atomic E-state index is 10.9. The Morgan fingerprint density at radius 2 is 2.00 bits per heavy atom. The van der Waals surface area contributed by atoms with E-state index in [-0.39, 0.29) is 12.2 Å². The highest BCUT2D eigenvalue weighted by Gasteiger charge is 2.20. The van der Waals surface area contributed by atoms with Crippen LogP contribution in [0.15, 0.2) is 4.52 Å². The lowest BCUT2D eigenvalue weighted by atomic mass is 10.00. The third kappa shape index (κ3) is 2.90. The lowest BCUT2D eigenvalue weighted by Gasteiger charge is -2.07. The van der Waals surface area contributed by atoms with Crippen LogP contribution in [0.4, 0.5) is 0 Å². The summed E-state index contributed by atoms with van der Waals surface area (Å²) in [7, 11) is 0. The van der Waals surface area contributed by atoms with Crippen molar-refractivity contribution < 1.29 is 9.32 Å². The van der Waals surface area contributed by atoms with Crippen molar-refractivity contribution >= 4 is 5.78 Å². The molecule has 88 valence electrons. The Labute approximate surface area is 95.4 Å². The van der Waals surface area contributed by atoms with Crippen molar-refractivity contribution in [2.24, 2.45) is 0 Å². The van der Waals surface area contributed by atoms with Gasteiger partial charge in [0.25, 0.3) is 0 Å². The summed E-state index contributed by atoms with van der Waals surface area (Å²) in [6.07, 6.45) is 7.70. The van der Waals surface area contributed by atoms with Crippen LogP contribution in [0.5, 0.6) is 0 Å². The molecule has 0 N–H and O–H groups in total. The Kier molecular flexibility index (Phi) is 3.70. The summed E-state index contributed by atoms with van der Waals surface area (Å²) >= 11 is 0. The second kappa shape index (κ2) is 5.23. The van der Waals surface area contributed by atoms with Gasteiger partial charge in [-0.25, -0.2) is 0 Å². The van der Waals surface area contributed by atoms with Crippen LogP contribution in [0.3, 0.4) is 0 Å². The number of carbonyl (C=O) groups excluding carboxylic acids is 1. The Hall–Kier alpha value is -1.19. The molecule has 0 saturated heterocycles. The molecule has 1 saturated carbocycles. The SMILES string of the molecule is CC(=O)Cc1nc(C2CCCCCC2)no1. The fourth-order valence-electron chi connectivity index (χ4n) is 2.26. The van der Waals surface area contributed by atoms with Crippen molar-refractivity contribution in [2.45, 2.75) is 57.8 Å². The Bertz CT molecular complexity index is 352. The normalized spacial score (nSPS) is 18.3. The summed E-state index contributed by atoms with van der Waals surface area (Å²) in [6.45, 7) is 1.54. The van der Waals surface area contributed by atoms with E-state index >= 15 is 0 Å². The van der Waals surface area contributed by atoms with Crippen molar-refractivity contribution in [2.75, 3.05) is 0 Å². The van der Waals surface area contributed by atoms with Crippen LogP contribution >= 0.6 is 0 Å². The van der Waals surface area contributed by atoms with Gasteiger partial charge in [-0.2, -0.15) is 4.98 Å². The molecule has 4 nitrogen and oxygen atoms in total. The number of hydrogen-bond acceptors (Lipinski definition) is 4. The van der Waals surface area contributed by atoms with E-state index in [9.17, 15) is 4.79 Å². The smallest absolute Gasteiger partial charge is 0.234 e. The van der Waals surface area contributed by atoms with Gasteiger partial charge < -0.3 is 4.52 Å². The molecule has 1 heterocycles. The molecule has 0 spiro atoms. The number of Topliss-reactive ketones (excluding diaryl/α,β-unsaturated/α-hetero) is 1. The second-order valence-electron chi connectivity index (χ2n) is 4.61. The minimum Gasteiger partial charge on any atom is -0.339 e. The number of carbonyl (C=O) groups is 1. The van der Waals surface area contributed by atoms with Crippen LogP contribution in [0.25, 0.3) is 0 Å². The van der Waals surface area contributed by atoms with E-state index in [0.29, 0.717) is 11.8 Å². The first-order valence-electron chi connectivity index (χ1n) is 6.07. The quantitative estimate of drug-likeness (QED) is 0.738. The maximum atomic E-state index is 10.9. The van der Waals surface area contributed by atoms with Crippen LogP contribution in [0.2, 0.25) is 0 Å². The van der Waals surface area contributed by atoms with E-state index in [1.165, 1.54) is 32.6 Å². The molecule has 2 rings (SSSR count). The van der Waals surface area contributed by atoms with Gasteiger partial charge in [0.15, 0.2) is 5.82 Å². The summed E-state index contributed by atoms with van der Waals surface area (Å²) in [5, 5.41) is 4.00. The van der Waals surface area contributed by atoms with E-state index in [0.717, 1.165) is 18.7 Å². The van der Waals surface area contributed by atoms with E-state index in [1.807, 2.05) is 0 Å². The van der Waals surface area contributed by atoms with Crippen molar-refractivity contribution in [3.8, 4) is 0 Å². The highest BCUT2D eigenvalue weighted by molar-refractivity contribution is 5.77. The molecule has 1 aromatic heterocycles. The summed E-state index contributed by atoms with van der Waals surface area (Å²) in [4.78, 5) is 15.2. The minimum atomic E-state index is 0.0658. The van der Waals surface area contributed by atoms with Crippen LogP contribution in [0.1, 0.15) is 63.1 Å². The number of aromatic nitrogens is 2. The Morgan fingerprint density at radius 3 is 2.62 bits per heavy atom. The monoisotopic (exact) mass is 222 g/mol. The number of nitrogens with zero attached hydrogens (tertiary/aromatic N) is 2. The zero-order valence-electron chi connectivity index (χ0n) is 9.74. The molecule has 1 aromatic rings. The molecular formula is C12H18N2O2. The molecule has 16 heavy (non-hydrogen) atoms. The third-order valence-corrected chi connectivity index (χ3v) is 3.10. The first-order valence-corrected chi connectivity index (χ1v) is 6.07. The van der Waals surface area contributed by atoms with Crippen molar-refractivity contribution in [1.82, 2.24) is 10.1 Å². The van der Waals surface area contributed by atoms with Crippen molar-refractivity contribution in [3.63, 3.8) is 0 Å². The summed E-state index contributed by atoms with van der Waals surface area (Å²) in [5.41, 5.74) is 0. The Balaban J connectivity index is 2.02. The maximum Gasteiger partial charge on any atom is 0.234 e. The molecule has 4 heteroatoms. The van der Waals surface area contributed by atoms with Gasteiger partial charge >= 0.3 is 0 Å². The average molecular weight is 222 g/mol. The summed E-state index contributed by atoms with van der Waals surface area (Å²) in [6, 6.07) is 0. The van der Waals surface area contributed by atoms with E-state index in [4.69, 9.17) is 4.52 Å². The molecule has 0 unspecified atom stereocenters. The van der Waals surface area contributed by atoms with E-state index < -0.39 is 0 Å². The number of hydrogen-bond donors (Lipinski definition) is 0.